The van der Waals surface area contributed by atoms with E-state index < -0.39 is 19.7 Å². The number of benzene rings is 4. The molecule has 0 aliphatic carbocycles. The van der Waals surface area contributed by atoms with Crippen LogP contribution in [0.1, 0.15) is 22.3 Å². The fourth-order valence-electron chi connectivity index (χ4n) is 3.64. The van der Waals surface area contributed by atoms with Gasteiger partial charge in [0.2, 0.25) is 19.7 Å². The van der Waals surface area contributed by atoms with E-state index in [-0.39, 0.29) is 19.6 Å². The van der Waals surface area contributed by atoms with Crippen molar-refractivity contribution in [1.82, 2.24) is 0 Å². The minimum absolute atomic E-state index is 0.106. The van der Waals surface area contributed by atoms with E-state index in [2.05, 4.69) is 23.7 Å². The van der Waals surface area contributed by atoms with Gasteiger partial charge in [-0.15, -0.1) is 0 Å². The van der Waals surface area contributed by atoms with Crippen molar-refractivity contribution < 1.29 is 16.8 Å². The predicted molar refractivity (Wildman–Crippen MR) is 161 cm³/mol. The molecule has 0 N–H and O–H groups in total. The summed E-state index contributed by atoms with van der Waals surface area (Å²) in [5.41, 5.74) is 3.16. The maximum Gasteiger partial charge on any atom is 0.214 e. The highest BCUT2D eigenvalue weighted by molar-refractivity contribution is 7.96. The highest BCUT2D eigenvalue weighted by Crippen LogP contribution is 2.23. The third kappa shape index (κ3) is 7.07. The average molecular weight is 563 g/mol. The van der Waals surface area contributed by atoms with Crippen LogP contribution < -0.4 is 0 Å². The molecule has 4 aromatic rings. The first-order chi connectivity index (χ1) is 19.2. The number of sulfone groups is 2. The molecule has 0 spiro atoms. The summed E-state index contributed by atoms with van der Waals surface area (Å²) in [6.07, 6.45) is 2.96. The highest BCUT2D eigenvalue weighted by Gasteiger charge is 2.20. The summed E-state index contributed by atoms with van der Waals surface area (Å²) in [6.45, 7) is 3.75. The van der Waals surface area contributed by atoms with Gasteiger partial charge in [-0.1, -0.05) is 96.1 Å². The van der Waals surface area contributed by atoms with E-state index >= 15 is 0 Å². The Labute approximate surface area is 236 Å². The Hall–Kier alpha value is -4.62. The Bertz CT molecular complexity index is 1750. The largest absolute Gasteiger partial charge is 0.218 e. The Morgan fingerprint density at radius 2 is 0.825 bits per heavy atom. The zero-order valence-electron chi connectivity index (χ0n) is 22.0. The lowest BCUT2D eigenvalue weighted by Crippen LogP contribution is -2.04. The third-order valence-corrected chi connectivity index (χ3v) is 9.25. The van der Waals surface area contributed by atoms with Crippen LogP contribution in [0.4, 0.5) is 0 Å². The van der Waals surface area contributed by atoms with Crippen molar-refractivity contribution in [2.75, 3.05) is 0 Å². The summed E-state index contributed by atoms with van der Waals surface area (Å²) in [5.74, 6) is 10.5. The van der Waals surface area contributed by atoms with Gasteiger partial charge in [-0.05, 0) is 85.1 Å². The second-order valence-corrected chi connectivity index (χ2v) is 12.8. The first-order valence-electron chi connectivity index (χ1n) is 12.4. The topological polar surface area (TPSA) is 68.3 Å². The van der Waals surface area contributed by atoms with Gasteiger partial charge in [0.1, 0.15) is 9.81 Å². The molecule has 0 amide bonds. The van der Waals surface area contributed by atoms with Gasteiger partial charge in [0.05, 0.1) is 9.79 Å². The van der Waals surface area contributed by atoms with Crippen molar-refractivity contribution in [3.63, 3.8) is 0 Å². The van der Waals surface area contributed by atoms with Crippen LogP contribution in [0.2, 0.25) is 0 Å². The summed E-state index contributed by atoms with van der Waals surface area (Å²) in [4.78, 5) is -0.0815. The number of rotatable bonds is 6. The first kappa shape index (κ1) is 28.4. The zero-order chi connectivity index (χ0) is 28.6. The SMILES string of the molecule is Cc1ccc(S(=O)(=O)/C(C#CC#C/C(=C\c2ccccc2)S(=O)(=O)c2ccc(C)cc2)=C/c2ccccc2)cc1. The fourth-order valence-corrected chi connectivity index (χ4v) is 6.09. The lowest BCUT2D eigenvalue weighted by atomic mass is 10.2. The van der Waals surface area contributed by atoms with Crippen molar-refractivity contribution in [2.24, 2.45) is 0 Å². The predicted octanol–water partition coefficient (Wildman–Crippen LogP) is 6.64. The molecular formula is C34H26O4S2. The van der Waals surface area contributed by atoms with Crippen molar-refractivity contribution >= 4 is 31.8 Å². The van der Waals surface area contributed by atoms with Crippen LogP contribution in [-0.2, 0) is 19.7 Å². The first-order valence-corrected chi connectivity index (χ1v) is 15.3. The summed E-state index contributed by atoms with van der Waals surface area (Å²) < 4.78 is 53.9. The van der Waals surface area contributed by atoms with Gasteiger partial charge in [0, 0.05) is 0 Å². The van der Waals surface area contributed by atoms with Crippen LogP contribution in [0.15, 0.2) is 129 Å². The molecule has 6 heteroatoms. The van der Waals surface area contributed by atoms with Crippen LogP contribution in [0.5, 0.6) is 0 Å². The second kappa shape index (κ2) is 12.5. The van der Waals surface area contributed by atoms with Crippen LogP contribution in [-0.4, -0.2) is 16.8 Å². The van der Waals surface area contributed by atoms with E-state index in [1.807, 2.05) is 26.0 Å². The Morgan fingerprint density at radius 1 is 0.500 bits per heavy atom. The lowest BCUT2D eigenvalue weighted by Gasteiger charge is -2.05. The molecule has 0 heterocycles. The molecule has 0 aromatic heterocycles. The number of hydrogen-bond acceptors (Lipinski definition) is 4. The van der Waals surface area contributed by atoms with Gasteiger partial charge in [-0.3, -0.25) is 0 Å². The summed E-state index contributed by atoms with van der Waals surface area (Å²) in [5, 5.41) is 0. The Morgan fingerprint density at radius 3 is 1.15 bits per heavy atom. The maximum atomic E-state index is 13.5. The van der Waals surface area contributed by atoms with Gasteiger partial charge in [0.25, 0.3) is 0 Å². The molecule has 0 radical (unpaired) electrons. The normalized spacial score (nSPS) is 12.1. The molecule has 0 saturated heterocycles. The number of allylic oxidation sites excluding steroid dienone is 2. The van der Waals surface area contributed by atoms with E-state index in [0.717, 1.165) is 11.1 Å². The van der Waals surface area contributed by atoms with Gasteiger partial charge in [-0.2, -0.15) is 0 Å². The van der Waals surface area contributed by atoms with Gasteiger partial charge >= 0.3 is 0 Å². The molecule has 198 valence electrons. The van der Waals surface area contributed by atoms with Crippen molar-refractivity contribution in [3.05, 3.63) is 141 Å². The van der Waals surface area contributed by atoms with Crippen molar-refractivity contribution in [1.29, 1.82) is 0 Å². The quantitative estimate of drug-likeness (QED) is 0.247. The van der Waals surface area contributed by atoms with E-state index in [4.69, 9.17) is 0 Å². The van der Waals surface area contributed by atoms with Crippen molar-refractivity contribution in [2.45, 2.75) is 23.6 Å². The summed E-state index contributed by atoms with van der Waals surface area (Å²) >= 11 is 0. The average Bonchev–Trinajstić information content (AvgIpc) is 2.95. The van der Waals surface area contributed by atoms with Crippen molar-refractivity contribution in [3.8, 4) is 23.7 Å². The molecule has 4 nitrogen and oxygen atoms in total. The van der Waals surface area contributed by atoms with Gasteiger partial charge in [-0.25, -0.2) is 16.8 Å². The molecule has 0 unspecified atom stereocenters. The van der Waals surface area contributed by atoms with E-state index in [9.17, 15) is 16.8 Å². The van der Waals surface area contributed by atoms with Crippen LogP contribution in [0, 0.1) is 37.5 Å². The molecule has 0 aliphatic heterocycles. The Balaban J connectivity index is 1.80. The molecule has 0 saturated carbocycles. The summed E-state index contributed by atoms with van der Waals surface area (Å²) in [7, 11) is -7.91. The molecule has 0 fully saturated rings. The van der Waals surface area contributed by atoms with E-state index in [1.54, 1.807) is 72.8 Å². The minimum atomic E-state index is -3.95. The Kier molecular flexibility index (Phi) is 8.86. The van der Waals surface area contributed by atoms with E-state index in [1.165, 1.54) is 36.4 Å². The minimum Gasteiger partial charge on any atom is -0.218 e. The molecular weight excluding hydrogens is 537 g/mol. The molecule has 0 aliphatic rings. The van der Waals surface area contributed by atoms with E-state index in [0.29, 0.717) is 11.1 Å². The standard InChI is InChI=1S/C34H26O4S2/c1-27-17-21-31(22-18-27)39(35,36)33(25-29-11-5-3-6-12-29)15-9-10-16-34(26-30-13-7-4-8-14-30)40(37,38)32-23-19-28(2)20-24-32/h3-8,11-14,17-26H,1-2H3/b33-25+,34-26+. The van der Waals surface area contributed by atoms with Gasteiger partial charge < -0.3 is 0 Å². The van der Waals surface area contributed by atoms with Crippen LogP contribution in [0.25, 0.3) is 12.2 Å². The van der Waals surface area contributed by atoms with Gasteiger partial charge in [0.15, 0.2) is 0 Å². The maximum absolute atomic E-state index is 13.5. The molecule has 4 rings (SSSR count). The zero-order valence-corrected chi connectivity index (χ0v) is 23.6. The molecule has 0 atom stereocenters. The second-order valence-electron chi connectivity index (χ2n) is 8.97. The smallest absolute Gasteiger partial charge is 0.214 e. The van der Waals surface area contributed by atoms with Crippen LogP contribution >= 0.6 is 0 Å². The monoisotopic (exact) mass is 562 g/mol. The molecule has 0 bridgehead atoms. The molecule has 40 heavy (non-hydrogen) atoms. The fraction of sp³-hybridized carbons (Fsp3) is 0.0588. The summed E-state index contributed by atoms with van der Waals surface area (Å²) in [6, 6.07) is 30.9. The number of aryl methyl sites for hydroxylation is 2. The highest BCUT2D eigenvalue weighted by atomic mass is 32.2. The lowest BCUT2D eigenvalue weighted by molar-refractivity contribution is 0.601. The number of hydrogen-bond donors (Lipinski definition) is 0. The van der Waals surface area contributed by atoms with Crippen LogP contribution in [0.3, 0.4) is 0 Å². The third-order valence-electron chi connectivity index (χ3n) is 5.87. The molecule has 4 aromatic carbocycles.